The van der Waals surface area contributed by atoms with Gasteiger partial charge in [-0.3, -0.25) is 0 Å². The molecule has 1 aliphatic rings. The zero-order valence-electron chi connectivity index (χ0n) is 11.7. The summed E-state index contributed by atoms with van der Waals surface area (Å²) in [6.45, 7) is 2.12. The number of alkyl halides is 3. The minimum atomic E-state index is -4.38. The minimum Gasteiger partial charge on any atom is -0.439 e. The van der Waals surface area contributed by atoms with Crippen molar-refractivity contribution in [3.8, 4) is 0 Å². The van der Waals surface area contributed by atoms with Gasteiger partial charge in [0.1, 0.15) is 5.52 Å². The lowest BCUT2D eigenvalue weighted by molar-refractivity contribution is -0.137. The summed E-state index contributed by atoms with van der Waals surface area (Å²) in [6, 6.07) is 3.33. The molecule has 21 heavy (non-hydrogen) atoms. The fourth-order valence-corrected chi connectivity index (χ4v) is 3.10. The van der Waals surface area contributed by atoms with Gasteiger partial charge in [-0.2, -0.15) is 13.2 Å². The molecule has 0 amide bonds. The number of nitrogens with zero attached hydrogens (tertiary/aromatic N) is 1. The standard InChI is InChI=1S/C15H17F3N2O/c1-9-3-2-6-14(19,8-9)13-20-11-7-10(15(16,17)18)4-5-12(11)21-13/h4-5,7,9H,2-3,6,8,19H2,1H3. The molecule has 3 nitrogen and oxygen atoms in total. The molecule has 2 aromatic rings. The van der Waals surface area contributed by atoms with Gasteiger partial charge in [-0.25, -0.2) is 4.98 Å². The van der Waals surface area contributed by atoms with Crippen LogP contribution in [-0.2, 0) is 11.7 Å². The molecule has 0 radical (unpaired) electrons. The average molecular weight is 298 g/mol. The SMILES string of the molecule is CC1CCCC(N)(c2nc3cc(C(F)(F)F)ccc3o2)C1. The molecule has 1 aromatic heterocycles. The highest BCUT2D eigenvalue weighted by atomic mass is 19.4. The lowest BCUT2D eigenvalue weighted by atomic mass is 9.77. The first kappa shape index (κ1) is 14.4. The molecule has 1 fully saturated rings. The average Bonchev–Trinajstić information content (AvgIpc) is 2.80. The van der Waals surface area contributed by atoms with Crippen molar-refractivity contribution in [1.29, 1.82) is 0 Å². The summed E-state index contributed by atoms with van der Waals surface area (Å²) >= 11 is 0. The van der Waals surface area contributed by atoms with Gasteiger partial charge in [-0.05, 0) is 37.0 Å². The molecule has 0 aliphatic heterocycles. The van der Waals surface area contributed by atoms with Crippen LogP contribution in [0.1, 0.15) is 44.1 Å². The predicted molar refractivity (Wildman–Crippen MR) is 72.5 cm³/mol. The highest BCUT2D eigenvalue weighted by Gasteiger charge is 2.37. The van der Waals surface area contributed by atoms with Gasteiger partial charge in [0.25, 0.3) is 0 Å². The Balaban J connectivity index is 2.01. The Kier molecular flexibility index (Phi) is 3.24. The van der Waals surface area contributed by atoms with Crippen LogP contribution < -0.4 is 5.73 Å². The summed E-state index contributed by atoms with van der Waals surface area (Å²) in [7, 11) is 0. The second kappa shape index (κ2) is 4.73. The van der Waals surface area contributed by atoms with Crippen molar-refractivity contribution in [1.82, 2.24) is 4.98 Å². The van der Waals surface area contributed by atoms with Gasteiger partial charge in [0.15, 0.2) is 5.58 Å². The quantitative estimate of drug-likeness (QED) is 0.858. The first-order valence-corrected chi connectivity index (χ1v) is 7.05. The van der Waals surface area contributed by atoms with Gasteiger partial charge < -0.3 is 10.2 Å². The third-order valence-corrected chi connectivity index (χ3v) is 4.17. The molecule has 2 N–H and O–H groups in total. The Morgan fingerprint density at radius 3 is 2.81 bits per heavy atom. The molecule has 1 aliphatic carbocycles. The fourth-order valence-electron chi connectivity index (χ4n) is 3.10. The second-order valence-corrected chi connectivity index (χ2v) is 6.06. The predicted octanol–water partition coefficient (Wildman–Crippen LogP) is 4.21. The van der Waals surface area contributed by atoms with Crippen molar-refractivity contribution >= 4 is 11.1 Å². The highest BCUT2D eigenvalue weighted by Crippen LogP contribution is 2.39. The largest absolute Gasteiger partial charge is 0.439 e. The molecule has 0 saturated heterocycles. The number of rotatable bonds is 1. The van der Waals surface area contributed by atoms with E-state index >= 15 is 0 Å². The highest BCUT2D eigenvalue weighted by molar-refractivity contribution is 5.73. The smallest absolute Gasteiger partial charge is 0.416 e. The molecule has 0 bridgehead atoms. The molecule has 3 rings (SSSR count). The molecule has 0 spiro atoms. The van der Waals surface area contributed by atoms with Crippen LogP contribution in [-0.4, -0.2) is 4.98 Å². The second-order valence-electron chi connectivity index (χ2n) is 6.06. The summed E-state index contributed by atoms with van der Waals surface area (Å²) in [5.74, 6) is 0.813. The van der Waals surface area contributed by atoms with Crippen molar-refractivity contribution in [2.24, 2.45) is 11.7 Å². The number of halogens is 3. The Hall–Kier alpha value is -1.56. The van der Waals surface area contributed by atoms with Crippen molar-refractivity contribution < 1.29 is 17.6 Å². The van der Waals surface area contributed by atoms with Gasteiger partial charge in [-0.1, -0.05) is 19.8 Å². The molecule has 2 unspecified atom stereocenters. The summed E-state index contributed by atoms with van der Waals surface area (Å²) < 4.78 is 43.8. The van der Waals surface area contributed by atoms with Crippen LogP contribution in [0, 0.1) is 5.92 Å². The van der Waals surface area contributed by atoms with Crippen LogP contribution in [0.3, 0.4) is 0 Å². The van der Waals surface area contributed by atoms with E-state index in [4.69, 9.17) is 10.2 Å². The number of benzene rings is 1. The van der Waals surface area contributed by atoms with E-state index in [1.54, 1.807) is 0 Å². The summed E-state index contributed by atoms with van der Waals surface area (Å²) in [5.41, 5.74) is 5.54. The van der Waals surface area contributed by atoms with Gasteiger partial charge >= 0.3 is 6.18 Å². The van der Waals surface area contributed by atoms with Crippen molar-refractivity contribution in [3.63, 3.8) is 0 Å². The molecule has 2 atom stereocenters. The number of hydrogen-bond acceptors (Lipinski definition) is 3. The number of nitrogens with two attached hydrogens (primary N) is 1. The van der Waals surface area contributed by atoms with Crippen LogP contribution in [0.4, 0.5) is 13.2 Å². The van der Waals surface area contributed by atoms with Crippen LogP contribution in [0.15, 0.2) is 22.6 Å². The van der Waals surface area contributed by atoms with Gasteiger partial charge in [0, 0.05) is 0 Å². The molecule has 114 valence electrons. The van der Waals surface area contributed by atoms with Gasteiger partial charge in [-0.15, -0.1) is 0 Å². The molecule has 1 heterocycles. The van der Waals surface area contributed by atoms with E-state index in [0.717, 1.165) is 37.8 Å². The summed E-state index contributed by atoms with van der Waals surface area (Å²) in [5, 5.41) is 0. The van der Waals surface area contributed by atoms with Crippen LogP contribution in [0.5, 0.6) is 0 Å². The van der Waals surface area contributed by atoms with E-state index in [2.05, 4.69) is 11.9 Å². The molecular weight excluding hydrogens is 281 g/mol. The van der Waals surface area contributed by atoms with E-state index in [0.29, 0.717) is 17.4 Å². The molecule has 1 aromatic carbocycles. The first-order valence-electron chi connectivity index (χ1n) is 7.05. The number of aromatic nitrogens is 1. The van der Waals surface area contributed by atoms with Crippen molar-refractivity contribution in [2.45, 2.75) is 44.3 Å². The number of fused-ring (bicyclic) bond motifs is 1. The van der Waals surface area contributed by atoms with Crippen LogP contribution >= 0.6 is 0 Å². The normalized spacial score (nSPS) is 27.2. The first-order chi connectivity index (χ1) is 9.78. The minimum absolute atomic E-state index is 0.211. The molecule has 1 saturated carbocycles. The monoisotopic (exact) mass is 298 g/mol. The van der Waals surface area contributed by atoms with Crippen molar-refractivity contribution in [3.05, 3.63) is 29.7 Å². The van der Waals surface area contributed by atoms with E-state index in [9.17, 15) is 13.2 Å². The van der Waals surface area contributed by atoms with Crippen molar-refractivity contribution in [2.75, 3.05) is 0 Å². The molecular formula is C15H17F3N2O. The zero-order chi connectivity index (χ0) is 15.3. The maximum absolute atomic E-state index is 12.7. The number of oxazole rings is 1. The van der Waals surface area contributed by atoms with E-state index < -0.39 is 17.3 Å². The van der Waals surface area contributed by atoms with Crippen LogP contribution in [0.2, 0.25) is 0 Å². The Labute approximate surface area is 120 Å². The summed E-state index contributed by atoms with van der Waals surface area (Å²) in [6.07, 6.45) is -0.809. The maximum Gasteiger partial charge on any atom is 0.416 e. The lowest BCUT2D eigenvalue weighted by Crippen LogP contribution is -2.41. The molecule has 6 heteroatoms. The Bertz CT molecular complexity index is 664. The summed E-state index contributed by atoms with van der Waals surface area (Å²) in [4.78, 5) is 4.23. The fraction of sp³-hybridized carbons (Fsp3) is 0.533. The van der Waals surface area contributed by atoms with Crippen LogP contribution in [0.25, 0.3) is 11.1 Å². The van der Waals surface area contributed by atoms with E-state index in [1.165, 1.54) is 6.07 Å². The Morgan fingerprint density at radius 1 is 1.38 bits per heavy atom. The number of hydrogen-bond donors (Lipinski definition) is 1. The van der Waals surface area contributed by atoms with E-state index in [-0.39, 0.29) is 5.52 Å². The lowest BCUT2D eigenvalue weighted by Gasteiger charge is -2.33. The maximum atomic E-state index is 12.7. The van der Waals surface area contributed by atoms with Gasteiger partial charge in [0.05, 0.1) is 11.1 Å². The third kappa shape index (κ3) is 2.64. The Morgan fingerprint density at radius 2 is 2.14 bits per heavy atom. The topological polar surface area (TPSA) is 52.0 Å². The zero-order valence-corrected chi connectivity index (χ0v) is 11.7. The van der Waals surface area contributed by atoms with E-state index in [1.807, 2.05) is 0 Å². The van der Waals surface area contributed by atoms with Gasteiger partial charge in [0.2, 0.25) is 5.89 Å². The third-order valence-electron chi connectivity index (χ3n) is 4.17.